The molecule has 1 heterocycles. The van der Waals surface area contributed by atoms with Gasteiger partial charge in [0.05, 0.1) is 19.3 Å². The van der Waals surface area contributed by atoms with E-state index in [-0.39, 0.29) is 6.61 Å². The van der Waals surface area contributed by atoms with Gasteiger partial charge in [0.25, 0.3) is 0 Å². The number of nitrogens with zero attached hydrogens (tertiary/aromatic N) is 3. The van der Waals surface area contributed by atoms with Gasteiger partial charge in [0.15, 0.2) is 5.16 Å². The van der Waals surface area contributed by atoms with E-state index in [2.05, 4.69) is 26.9 Å². The lowest BCUT2D eigenvalue weighted by atomic mass is 10.2. The summed E-state index contributed by atoms with van der Waals surface area (Å²) in [5.74, 6) is 1.99. The molecular weight excluding hydrogens is 286 g/mol. The number of aliphatic hydroxyl groups is 2. The molecule has 1 saturated carbocycles. The molecule has 0 amide bonds. The fraction of sp³-hybridized carbons (Fsp3) is 0.467. The van der Waals surface area contributed by atoms with Gasteiger partial charge in [-0.1, -0.05) is 42.1 Å². The van der Waals surface area contributed by atoms with Crippen LogP contribution in [0, 0.1) is 0 Å². The molecule has 21 heavy (non-hydrogen) atoms. The first-order chi connectivity index (χ1) is 10.3. The van der Waals surface area contributed by atoms with Gasteiger partial charge in [0.2, 0.25) is 0 Å². The van der Waals surface area contributed by atoms with Crippen molar-refractivity contribution in [1.29, 1.82) is 0 Å². The van der Waals surface area contributed by atoms with Crippen molar-refractivity contribution in [3.8, 4) is 0 Å². The monoisotopic (exact) mass is 305 g/mol. The van der Waals surface area contributed by atoms with E-state index >= 15 is 0 Å². The lowest BCUT2D eigenvalue weighted by molar-refractivity contribution is 0.113. The van der Waals surface area contributed by atoms with Gasteiger partial charge < -0.3 is 14.8 Å². The molecule has 1 aromatic heterocycles. The standard InChI is InChI=1S/C15H19N3O2S/c19-9-13(20)10-21-15-17-16-14(12-6-7-12)18(15)8-11-4-2-1-3-5-11/h1-5,12-13,19-20H,6-10H2. The van der Waals surface area contributed by atoms with Gasteiger partial charge in [-0.3, -0.25) is 0 Å². The zero-order valence-electron chi connectivity index (χ0n) is 11.7. The molecule has 1 fully saturated rings. The van der Waals surface area contributed by atoms with Crippen LogP contribution in [0.15, 0.2) is 35.5 Å². The molecule has 2 aromatic rings. The average molecular weight is 305 g/mol. The summed E-state index contributed by atoms with van der Waals surface area (Å²) in [5.41, 5.74) is 1.21. The molecule has 0 spiro atoms. The van der Waals surface area contributed by atoms with E-state index < -0.39 is 6.10 Å². The van der Waals surface area contributed by atoms with Gasteiger partial charge >= 0.3 is 0 Å². The molecule has 3 rings (SSSR count). The Balaban J connectivity index is 1.79. The number of hydrogen-bond acceptors (Lipinski definition) is 5. The van der Waals surface area contributed by atoms with Crippen LogP contribution in [0.25, 0.3) is 0 Å². The average Bonchev–Trinajstić information content (AvgIpc) is 3.29. The molecule has 1 unspecified atom stereocenters. The normalized spacial score (nSPS) is 16.1. The van der Waals surface area contributed by atoms with Crippen molar-refractivity contribution in [2.45, 2.75) is 36.6 Å². The van der Waals surface area contributed by atoms with Crippen molar-refractivity contribution < 1.29 is 10.2 Å². The molecule has 6 heteroatoms. The Morgan fingerprint density at radius 3 is 2.67 bits per heavy atom. The van der Waals surface area contributed by atoms with Crippen LogP contribution in [-0.4, -0.2) is 43.4 Å². The van der Waals surface area contributed by atoms with Gasteiger partial charge in [-0.15, -0.1) is 10.2 Å². The van der Waals surface area contributed by atoms with Crippen molar-refractivity contribution >= 4 is 11.8 Å². The van der Waals surface area contributed by atoms with Crippen molar-refractivity contribution in [2.75, 3.05) is 12.4 Å². The fourth-order valence-electron chi connectivity index (χ4n) is 2.19. The maximum atomic E-state index is 9.50. The zero-order valence-corrected chi connectivity index (χ0v) is 12.5. The van der Waals surface area contributed by atoms with Crippen molar-refractivity contribution in [1.82, 2.24) is 14.8 Å². The minimum Gasteiger partial charge on any atom is -0.394 e. The number of aromatic nitrogens is 3. The topological polar surface area (TPSA) is 71.2 Å². The van der Waals surface area contributed by atoms with E-state index in [1.807, 2.05) is 18.2 Å². The molecule has 1 aliphatic rings. The first-order valence-corrected chi connectivity index (χ1v) is 8.15. The summed E-state index contributed by atoms with van der Waals surface area (Å²) in [7, 11) is 0. The summed E-state index contributed by atoms with van der Waals surface area (Å²) < 4.78 is 2.14. The van der Waals surface area contributed by atoms with E-state index in [1.54, 1.807) is 0 Å². The molecule has 0 radical (unpaired) electrons. The highest BCUT2D eigenvalue weighted by Crippen LogP contribution is 2.40. The predicted octanol–water partition coefficient (Wildman–Crippen LogP) is 1.65. The maximum Gasteiger partial charge on any atom is 0.191 e. The highest BCUT2D eigenvalue weighted by molar-refractivity contribution is 7.99. The Morgan fingerprint density at radius 1 is 1.24 bits per heavy atom. The van der Waals surface area contributed by atoms with Crippen LogP contribution in [0.2, 0.25) is 0 Å². The minimum absolute atomic E-state index is 0.227. The zero-order chi connectivity index (χ0) is 14.7. The highest BCUT2D eigenvalue weighted by atomic mass is 32.2. The van der Waals surface area contributed by atoms with Gasteiger partial charge in [-0.2, -0.15) is 0 Å². The first kappa shape index (κ1) is 14.6. The Labute approximate surface area is 128 Å². The second-order valence-electron chi connectivity index (χ2n) is 5.33. The fourth-order valence-corrected chi connectivity index (χ4v) is 3.05. The van der Waals surface area contributed by atoms with Crippen molar-refractivity contribution in [2.24, 2.45) is 0 Å². The summed E-state index contributed by atoms with van der Waals surface area (Å²) in [6, 6.07) is 10.2. The van der Waals surface area contributed by atoms with E-state index in [4.69, 9.17) is 5.11 Å². The molecule has 112 valence electrons. The Bertz CT molecular complexity index is 584. The first-order valence-electron chi connectivity index (χ1n) is 7.16. The number of thioether (sulfide) groups is 1. The molecule has 0 saturated heterocycles. The third kappa shape index (κ3) is 3.64. The van der Waals surface area contributed by atoms with Gasteiger partial charge in [-0.25, -0.2) is 0 Å². The third-order valence-electron chi connectivity index (χ3n) is 3.49. The lowest BCUT2D eigenvalue weighted by Gasteiger charge is -2.11. The molecule has 1 aromatic carbocycles. The van der Waals surface area contributed by atoms with Gasteiger partial charge in [0, 0.05) is 11.7 Å². The summed E-state index contributed by atoms with van der Waals surface area (Å²) in [6.45, 7) is 0.520. The Hall–Kier alpha value is -1.37. The van der Waals surface area contributed by atoms with Crippen LogP contribution in [-0.2, 0) is 6.54 Å². The van der Waals surface area contributed by atoms with E-state index in [1.165, 1.54) is 30.2 Å². The SMILES string of the molecule is OCC(O)CSc1nnc(C2CC2)n1Cc1ccccc1. The minimum atomic E-state index is -0.721. The quantitative estimate of drug-likeness (QED) is 0.761. The second kappa shape index (κ2) is 6.60. The predicted molar refractivity (Wildman–Crippen MR) is 81.4 cm³/mol. The van der Waals surface area contributed by atoms with Gasteiger partial charge in [0.1, 0.15) is 5.82 Å². The summed E-state index contributed by atoms with van der Waals surface area (Å²) >= 11 is 1.44. The third-order valence-corrected chi connectivity index (χ3v) is 4.60. The van der Waals surface area contributed by atoms with Crippen LogP contribution < -0.4 is 0 Å². The molecule has 0 aliphatic heterocycles. The molecule has 2 N–H and O–H groups in total. The number of benzene rings is 1. The van der Waals surface area contributed by atoms with Crippen LogP contribution >= 0.6 is 11.8 Å². The van der Waals surface area contributed by atoms with E-state index in [9.17, 15) is 5.11 Å². The second-order valence-corrected chi connectivity index (χ2v) is 6.32. The molecule has 1 atom stereocenters. The van der Waals surface area contributed by atoms with Crippen LogP contribution in [0.1, 0.15) is 30.1 Å². The lowest BCUT2D eigenvalue weighted by Crippen LogP contribution is -2.15. The van der Waals surface area contributed by atoms with Crippen molar-refractivity contribution in [3.63, 3.8) is 0 Å². The maximum absolute atomic E-state index is 9.50. The Kier molecular flexibility index (Phi) is 4.57. The number of rotatable bonds is 7. The number of hydrogen-bond donors (Lipinski definition) is 2. The summed E-state index contributed by atoms with van der Waals surface area (Å²) in [4.78, 5) is 0. The Morgan fingerprint density at radius 2 is 2.00 bits per heavy atom. The van der Waals surface area contributed by atoms with Gasteiger partial charge in [-0.05, 0) is 18.4 Å². The summed E-state index contributed by atoms with van der Waals surface area (Å²) in [6.07, 6.45) is 1.63. The largest absolute Gasteiger partial charge is 0.394 e. The molecule has 0 bridgehead atoms. The highest BCUT2D eigenvalue weighted by Gasteiger charge is 2.30. The van der Waals surface area contributed by atoms with Crippen LogP contribution in [0.4, 0.5) is 0 Å². The van der Waals surface area contributed by atoms with E-state index in [0.29, 0.717) is 11.7 Å². The molecule has 1 aliphatic carbocycles. The molecule has 5 nitrogen and oxygen atoms in total. The number of aliphatic hydroxyl groups excluding tert-OH is 2. The smallest absolute Gasteiger partial charge is 0.191 e. The molecular formula is C15H19N3O2S. The van der Waals surface area contributed by atoms with Crippen LogP contribution in [0.3, 0.4) is 0 Å². The summed E-state index contributed by atoms with van der Waals surface area (Å²) in [5, 5.41) is 27.8. The van der Waals surface area contributed by atoms with E-state index in [0.717, 1.165) is 17.5 Å². The van der Waals surface area contributed by atoms with Crippen molar-refractivity contribution in [3.05, 3.63) is 41.7 Å². The van der Waals surface area contributed by atoms with Crippen LogP contribution in [0.5, 0.6) is 0 Å².